The summed E-state index contributed by atoms with van der Waals surface area (Å²) in [5.74, 6) is 1.92. The van der Waals surface area contributed by atoms with E-state index in [1.165, 1.54) is 5.56 Å². The van der Waals surface area contributed by atoms with E-state index in [0.717, 1.165) is 5.56 Å². The van der Waals surface area contributed by atoms with Gasteiger partial charge in [0.05, 0.1) is 14.2 Å². The summed E-state index contributed by atoms with van der Waals surface area (Å²) in [6.45, 7) is 8.76. The van der Waals surface area contributed by atoms with Crippen LogP contribution < -0.4 is 19.5 Å². The Bertz CT molecular complexity index is 778. The quantitative estimate of drug-likeness (QED) is 0.742. The second-order valence-corrected chi connectivity index (χ2v) is 7.76. The average Bonchev–Trinajstić information content (AvgIpc) is 2.67. The molecule has 1 atom stereocenters. The van der Waals surface area contributed by atoms with Crippen molar-refractivity contribution in [3.63, 3.8) is 0 Å². The molecule has 0 saturated heterocycles. The molecule has 2 rings (SSSR count). The van der Waals surface area contributed by atoms with E-state index in [-0.39, 0.29) is 11.3 Å². The van der Waals surface area contributed by atoms with Gasteiger partial charge in [-0.3, -0.25) is 4.79 Å². The lowest BCUT2D eigenvalue weighted by Crippen LogP contribution is -2.37. The molecule has 0 aliphatic carbocycles. The lowest BCUT2D eigenvalue weighted by Gasteiger charge is -2.20. The van der Waals surface area contributed by atoms with Crippen LogP contribution in [0.15, 0.2) is 42.5 Å². The predicted molar refractivity (Wildman–Crippen MR) is 111 cm³/mol. The maximum absolute atomic E-state index is 12.3. The molecule has 5 heteroatoms. The Hall–Kier alpha value is -2.69. The Kier molecular flexibility index (Phi) is 7.32. The minimum Gasteiger partial charge on any atom is -0.493 e. The lowest BCUT2D eigenvalue weighted by molar-refractivity contribution is -0.127. The number of amides is 1. The number of ether oxygens (including phenoxy) is 3. The largest absolute Gasteiger partial charge is 0.493 e. The normalized spacial score (nSPS) is 12.2. The number of rotatable bonds is 8. The zero-order chi connectivity index (χ0) is 20.7. The topological polar surface area (TPSA) is 56.8 Å². The smallest absolute Gasteiger partial charge is 0.260 e. The van der Waals surface area contributed by atoms with Gasteiger partial charge < -0.3 is 19.5 Å². The first kappa shape index (κ1) is 21.6. The highest BCUT2D eigenvalue weighted by Crippen LogP contribution is 2.27. The Balaban J connectivity index is 1.84. The Morgan fingerprint density at radius 1 is 1.00 bits per heavy atom. The highest BCUT2D eigenvalue weighted by molar-refractivity contribution is 5.80. The molecular weight excluding hydrogens is 354 g/mol. The van der Waals surface area contributed by atoms with Crippen LogP contribution >= 0.6 is 0 Å². The van der Waals surface area contributed by atoms with Crippen molar-refractivity contribution in [3.05, 3.63) is 53.6 Å². The maximum Gasteiger partial charge on any atom is 0.260 e. The fourth-order valence-corrected chi connectivity index (χ4v) is 2.80. The van der Waals surface area contributed by atoms with Crippen LogP contribution in [0, 0.1) is 0 Å². The molecule has 1 unspecified atom stereocenters. The Morgan fingerprint density at radius 3 is 2.21 bits per heavy atom. The third-order valence-corrected chi connectivity index (χ3v) is 4.56. The van der Waals surface area contributed by atoms with Gasteiger partial charge in [0.1, 0.15) is 5.75 Å². The van der Waals surface area contributed by atoms with Gasteiger partial charge in [0.15, 0.2) is 17.6 Å². The van der Waals surface area contributed by atoms with Crippen LogP contribution in [0.4, 0.5) is 0 Å². The molecule has 2 aromatic carbocycles. The number of carbonyl (C=O) groups is 1. The third-order valence-electron chi connectivity index (χ3n) is 4.56. The molecule has 0 fully saturated rings. The van der Waals surface area contributed by atoms with Crippen LogP contribution in [0.2, 0.25) is 0 Å². The first-order chi connectivity index (χ1) is 13.2. The Morgan fingerprint density at radius 2 is 1.64 bits per heavy atom. The van der Waals surface area contributed by atoms with E-state index >= 15 is 0 Å². The average molecular weight is 386 g/mol. The summed E-state index contributed by atoms with van der Waals surface area (Å²) in [5, 5.41) is 2.92. The SMILES string of the molecule is COc1ccc(CCNC(=O)C(C)Oc2ccc(C(C)(C)C)cc2)cc1OC. The molecule has 0 heterocycles. The standard InChI is InChI=1S/C23H31NO4/c1-16(28-19-10-8-18(9-11-19)23(2,3)4)22(25)24-14-13-17-7-12-20(26-5)21(15-17)27-6/h7-12,15-16H,13-14H2,1-6H3,(H,24,25). The summed E-state index contributed by atoms with van der Waals surface area (Å²) in [7, 11) is 3.21. The molecule has 5 nitrogen and oxygen atoms in total. The van der Waals surface area contributed by atoms with Crippen molar-refractivity contribution in [1.29, 1.82) is 0 Å². The van der Waals surface area contributed by atoms with Crippen LogP contribution in [0.1, 0.15) is 38.8 Å². The number of benzene rings is 2. The molecule has 2 aromatic rings. The van der Waals surface area contributed by atoms with Crippen molar-refractivity contribution >= 4 is 5.91 Å². The fraction of sp³-hybridized carbons (Fsp3) is 0.435. The lowest BCUT2D eigenvalue weighted by atomic mass is 9.87. The molecule has 0 aliphatic rings. The maximum atomic E-state index is 12.3. The molecule has 0 bridgehead atoms. The van der Waals surface area contributed by atoms with Crippen molar-refractivity contribution in [2.45, 2.75) is 45.6 Å². The van der Waals surface area contributed by atoms with Crippen molar-refractivity contribution in [1.82, 2.24) is 5.32 Å². The molecule has 1 N–H and O–H groups in total. The van der Waals surface area contributed by atoms with Gasteiger partial charge in [-0.2, -0.15) is 0 Å². The van der Waals surface area contributed by atoms with E-state index < -0.39 is 6.10 Å². The molecule has 0 spiro atoms. The van der Waals surface area contributed by atoms with E-state index in [1.807, 2.05) is 42.5 Å². The molecule has 152 valence electrons. The summed E-state index contributed by atoms with van der Waals surface area (Å²) in [4.78, 5) is 12.3. The monoisotopic (exact) mass is 385 g/mol. The van der Waals surface area contributed by atoms with Crippen molar-refractivity contribution < 1.29 is 19.0 Å². The summed E-state index contributed by atoms with van der Waals surface area (Å²) in [6.07, 6.45) is 0.130. The first-order valence-electron chi connectivity index (χ1n) is 9.50. The summed E-state index contributed by atoms with van der Waals surface area (Å²) in [5.41, 5.74) is 2.38. The van der Waals surface area contributed by atoms with Crippen molar-refractivity contribution in [2.75, 3.05) is 20.8 Å². The van der Waals surface area contributed by atoms with Gasteiger partial charge in [0.2, 0.25) is 0 Å². The highest BCUT2D eigenvalue weighted by atomic mass is 16.5. The number of nitrogens with one attached hydrogen (secondary N) is 1. The van der Waals surface area contributed by atoms with E-state index in [1.54, 1.807) is 21.1 Å². The van der Waals surface area contributed by atoms with Gasteiger partial charge in [0.25, 0.3) is 5.91 Å². The summed E-state index contributed by atoms with van der Waals surface area (Å²) < 4.78 is 16.3. The van der Waals surface area contributed by atoms with E-state index in [2.05, 4.69) is 26.1 Å². The van der Waals surface area contributed by atoms with E-state index in [0.29, 0.717) is 30.2 Å². The van der Waals surface area contributed by atoms with Gasteiger partial charge >= 0.3 is 0 Å². The van der Waals surface area contributed by atoms with Gasteiger partial charge in [-0.1, -0.05) is 39.0 Å². The predicted octanol–water partition coefficient (Wildman–Crippen LogP) is 4.13. The zero-order valence-electron chi connectivity index (χ0n) is 17.7. The molecule has 28 heavy (non-hydrogen) atoms. The summed E-state index contributed by atoms with van der Waals surface area (Å²) in [6, 6.07) is 13.6. The molecule has 0 aliphatic heterocycles. The van der Waals surface area contributed by atoms with Crippen molar-refractivity contribution in [2.24, 2.45) is 0 Å². The Labute approximate surface area is 168 Å². The van der Waals surface area contributed by atoms with E-state index in [4.69, 9.17) is 14.2 Å². The second-order valence-electron chi connectivity index (χ2n) is 7.76. The van der Waals surface area contributed by atoms with Crippen LogP contribution in [0.5, 0.6) is 17.2 Å². The number of hydrogen-bond donors (Lipinski definition) is 1. The van der Waals surface area contributed by atoms with Crippen LogP contribution in [0.25, 0.3) is 0 Å². The fourth-order valence-electron chi connectivity index (χ4n) is 2.80. The van der Waals surface area contributed by atoms with Crippen molar-refractivity contribution in [3.8, 4) is 17.2 Å². The highest BCUT2D eigenvalue weighted by Gasteiger charge is 2.16. The van der Waals surface area contributed by atoms with Crippen LogP contribution in [-0.2, 0) is 16.6 Å². The number of carbonyl (C=O) groups excluding carboxylic acids is 1. The second kappa shape index (κ2) is 9.49. The van der Waals surface area contributed by atoms with Gasteiger partial charge in [0, 0.05) is 6.54 Å². The minimum absolute atomic E-state index is 0.0889. The summed E-state index contributed by atoms with van der Waals surface area (Å²) >= 11 is 0. The third kappa shape index (κ3) is 5.91. The molecule has 0 saturated carbocycles. The minimum atomic E-state index is -0.564. The first-order valence-corrected chi connectivity index (χ1v) is 9.50. The molecule has 0 aromatic heterocycles. The molecular formula is C23H31NO4. The molecule has 0 radical (unpaired) electrons. The number of hydrogen-bond acceptors (Lipinski definition) is 4. The van der Waals surface area contributed by atoms with Crippen LogP contribution in [-0.4, -0.2) is 32.8 Å². The van der Waals surface area contributed by atoms with Crippen LogP contribution in [0.3, 0.4) is 0 Å². The van der Waals surface area contributed by atoms with Gasteiger partial charge in [-0.25, -0.2) is 0 Å². The van der Waals surface area contributed by atoms with Gasteiger partial charge in [-0.05, 0) is 54.2 Å². The zero-order valence-corrected chi connectivity index (χ0v) is 17.7. The molecule has 1 amide bonds. The van der Waals surface area contributed by atoms with E-state index in [9.17, 15) is 4.79 Å². The number of methoxy groups -OCH3 is 2. The van der Waals surface area contributed by atoms with Gasteiger partial charge in [-0.15, -0.1) is 0 Å².